The van der Waals surface area contributed by atoms with Crippen LogP contribution in [-0.2, 0) is 6.61 Å². The Morgan fingerprint density at radius 3 is 2.85 bits per heavy atom. The molecule has 0 fully saturated rings. The molecule has 0 saturated heterocycles. The maximum Gasteiger partial charge on any atom is 0.138 e. The maximum absolute atomic E-state index is 13.1. The fraction of sp³-hybridized carbons (Fsp3) is 0.111. The largest absolute Gasteiger partial charge is 0.391 e. The number of benzene rings is 1. The molecule has 4 heteroatoms. The highest BCUT2D eigenvalue weighted by Gasteiger charge is 2.05. The Balaban J connectivity index is 2.70. The first kappa shape index (κ1) is 9.12. The van der Waals surface area contributed by atoms with Crippen molar-refractivity contribution in [2.45, 2.75) is 6.61 Å². The van der Waals surface area contributed by atoms with Gasteiger partial charge in [-0.1, -0.05) is 0 Å². The number of aliphatic hydroxyl groups excluding tert-OH is 1. The van der Waals surface area contributed by atoms with Crippen LogP contribution in [0.15, 0.2) is 22.7 Å². The van der Waals surface area contributed by atoms with E-state index in [2.05, 4.69) is 15.9 Å². The van der Waals surface area contributed by atoms with Crippen molar-refractivity contribution < 1.29 is 9.50 Å². The summed E-state index contributed by atoms with van der Waals surface area (Å²) in [5.41, 5.74) is 0. The molecular weight excluding hydrogens is 255 g/mol. The number of thiophene rings is 1. The highest BCUT2D eigenvalue weighted by Crippen LogP contribution is 2.30. The minimum atomic E-state index is -0.265. The summed E-state index contributed by atoms with van der Waals surface area (Å²) in [6.45, 7) is 0.0125. The van der Waals surface area contributed by atoms with Crippen molar-refractivity contribution in [2.24, 2.45) is 0 Å². The molecule has 0 aliphatic carbocycles. The summed E-state index contributed by atoms with van der Waals surface area (Å²) < 4.78 is 14.4. The molecule has 13 heavy (non-hydrogen) atoms. The molecule has 0 spiro atoms. The third kappa shape index (κ3) is 1.61. The average molecular weight is 261 g/mol. The van der Waals surface area contributed by atoms with Crippen molar-refractivity contribution in [3.63, 3.8) is 0 Å². The summed E-state index contributed by atoms with van der Waals surface area (Å²) in [4.78, 5) is 0.854. The van der Waals surface area contributed by atoms with Crippen LogP contribution in [0.2, 0.25) is 0 Å². The van der Waals surface area contributed by atoms with E-state index in [1.807, 2.05) is 6.07 Å². The van der Waals surface area contributed by atoms with Crippen LogP contribution in [0.3, 0.4) is 0 Å². The highest BCUT2D eigenvalue weighted by molar-refractivity contribution is 9.10. The van der Waals surface area contributed by atoms with Gasteiger partial charge >= 0.3 is 0 Å². The molecular formula is C9H6BrFOS. The Kier molecular flexibility index (Phi) is 2.36. The second kappa shape index (κ2) is 3.36. The standard InChI is InChI=1S/C9H6BrFOS/c10-7-2-5-1-6(4-12)13-9(5)3-8(7)11/h1-3,12H,4H2. The highest BCUT2D eigenvalue weighted by atomic mass is 79.9. The number of aliphatic hydroxyl groups is 1. The van der Waals surface area contributed by atoms with Crippen LogP contribution in [0.1, 0.15) is 4.88 Å². The van der Waals surface area contributed by atoms with Crippen LogP contribution in [0.25, 0.3) is 10.1 Å². The van der Waals surface area contributed by atoms with Gasteiger partial charge in [0.1, 0.15) is 5.82 Å². The molecule has 0 bridgehead atoms. The molecule has 0 unspecified atom stereocenters. The van der Waals surface area contributed by atoms with E-state index in [9.17, 15) is 4.39 Å². The van der Waals surface area contributed by atoms with E-state index in [-0.39, 0.29) is 12.4 Å². The molecule has 0 saturated carbocycles. The summed E-state index contributed by atoms with van der Waals surface area (Å²) in [5.74, 6) is -0.265. The van der Waals surface area contributed by atoms with Crippen molar-refractivity contribution in [3.05, 3.63) is 33.4 Å². The lowest BCUT2D eigenvalue weighted by Crippen LogP contribution is -1.74. The minimum Gasteiger partial charge on any atom is -0.391 e. The molecule has 0 aliphatic heterocycles. The van der Waals surface area contributed by atoms with E-state index < -0.39 is 0 Å². The number of hydrogen-bond acceptors (Lipinski definition) is 2. The van der Waals surface area contributed by atoms with Gasteiger partial charge in [0.05, 0.1) is 11.1 Å². The summed E-state index contributed by atoms with van der Waals surface area (Å²) >= 11 is 4.52. The van der Waals surface area contributed by atoms with E-state index in [0.717, 1.165) is 15.0 Å². The Labute approximate surface area is 86.9 Å². The zero-order valence-corrected chi connectivity index (χ0v) is 8.95. The molecule has 1 aromatic carbocycles. The number of fused-ring (bicyclic) bond motifs is 1. The zero-order valence-electron chi connectivity index (χ0n) is 6.55. The van der Waals surface area contributed by atoms with E-state index in [4.69, 9.17) is 5.11 Å². The molecule has 1 heterocycles. The fourth-order valence-electron chi connectivity index (χ4n) is 1.17. The second-order valence-electron chi connectivity index (χ2n) is 2.67. The molecule has 0 amide bonds. The smallest absolute Gasteiger partial charge is 0.138 e. The molecule has 1 N–H and O–H groups in total. The summed E-state index contributed by atoms with van der Waals surface area (Å²) in [6, 6.07) is 5.06. The molecule has 2 aromatic rings. The lowest BCUT2D eigenvalue weighted by molar-refractivity contribution is 0.285. The second-order valence-corrected chi connectivity index (χ2v) is 4.70. The van der Waals surface area contributed by atoms with Gasteiger partial charge in [-0.05, 0) is 39.5 Å². The van der Waals surface area contributed by atoms with Gasteiger partial charge < -0.3 is 5.11 Å². The minimum absolute atomic E-state index is 0.0125. The average Bonchev–Trinajstić information content (AvgIpc) is 2.48. The van der Waals surface area contributed by atoms with E-state index in [1.54, 1.807) is 6.07 Å². The Hall–Kier alpha value is -0.450. The zero-order chi connectivity index (χ0) is 9.42. The maximum atomic E-state index is 13.1. The first-order valence-corrected chi connectivity index (χ1v) is 5.30. The number of hydrogen-bond donors (Lipinski definition) is 1. The molecule has 0 radical (unpaired) electrons. The van der Waals surface area contributed by atoms with Gasteiger partial charge in [-0.2, -0.15) is 0 Å². The molecule has 2 rings (SSSR count). The van der Waals surface area contributed by atoms with Gasteiger partial charge in [-0.3, -0.25) is 0 Å². The van der Waals surface area contributed by atoms with Crippen LogP contribution in [0.5, 0.6) is 0 Å². The molecule has 0 aliphatic rings. The fourth-order valence-corrected chi connectivity index (χ4v) is 2.46. The third-order valence-corrected chi connectivity index (χ3v) is 3.46. The number of rotatable bonds is 1. The van der Waals surface area contributed by atoms with Gasteiger partial charge in [0.25, 0.3) is 0 Å². The number of halogens is 2. The first-order valence-electron chi connectivity index (χ1n) is 3.69. The monoisotopic (exact) mass is 260 g/mol. The summed E-state index contributed by atoms with van der Waals surface area (Å²) in [7, 11) is 0. The van der Waals surface area contributed by atoms with Crippen LogP contribution in [-0.4, -0.2) is 5.11 Å². The van der Waals surface area contributed by atoms with Crippen LogP contribution in [0.4, 0.5) is 4.39 Å². The van der Waals surface area contributed by atoms with Crippen LogP contribution in [0, 0.1) is 5.82 Å². The van der Waals surface area contributed by atoms with Crippen molar-refractivity contribution in [3.8, 4) is 0 Å². The van der Waals surface area contributed by atoms with Crippen molar-refractivity contribution in [1.82, 2.24) is 0 Å². The predicted octanol–water partition coefficient (Wildman–Crippen LogP) is 3.30. The van der Waals surface area contributed by atoms with Gasteiger partial charge in [-0.25, -0.2) is 4.39 Å². The Bertz CT molecular complexity index is 413. The Morgan fingerprint density at radius 2 is 2.15 bits per heavy atom. The van der Waals surface area contributed by atoms with Crippen molar-refractivity contribution in [2.75, 3.05) is 0 Å². The van der Waals surface area contributed by atoms with Gasteiger partial charge in [-0.15, -0.1) is 11.3 Å². The van der Waals surface area contributed by atoms with Crippen LogP contribution >= 0.6 is 27.3 Å². The SMILES string of the molecule is OCc1cc2cc(Br)c(F)cc2s1. The van der Waals surface area contributed by atoms with Crippen molar-refractivity contribution >= 4 is 37.4 Å². The topological polar surface area (TPSA) is 20.2 Å². The lowest BCUT2D eigenvalue weighted by atomic mass is 10.2. The van der Waals surface area contributed by atoms with Gasteiger partial charge in [0, 0.05) is 9.58 Å². The van der Waals surface area contributed by atoms with Crippen LogP contribution < -0.4 is 0 Å². The van der Waals surface area contributed by atoms with E-state index in [1.165, 1.54) is 17.4 Å². The summed E-state index contributed by atoms with van der Waals surface area (Å²) in [5, 5.41) is 9.84. The molecule has 68 valence electrons. The van der Waals surface area contributed by atoms with Crippen molar-refractivity contribution in [1.29, 1.82) is 0 Å². The molecule has 1 aromatic heterocycles. The summed E-state index contributed by atoms with van der Waals surface area (Å²) in [6.07, 6.45) is 0. The normalized spacial score (nSPS) is 11.0. The molecule has 1 nitrogen and oxygen atoms in total. The van der Waals surface area contributed by atoms with E-state index in [0.29, 0.717) is 4.47 Å². The van der Waals surface area contributed by atoms with E-state index >= 15 is 0 Å². The quantitative estimate of drug-likeness (QED) is 0.835. The molecule has 0 atom stereocenters. The van der Waals surface area contributed by atoms with Gasteiger partial charge in [0.15, 0.2) is 0 Å². The third-order valence-electron chi connectivity index (χ3n) is 1.77. The predicted molar refractivity (Wildman–Crippen MR) is 55.4 cm³/mol. The Morgan fingerprint density at radius 1 is 1.38 bits per heavy atom. The first-order chi connectivity index (χ1) is 6.20. The van der Waals surface area contributed by atoms with Gasteiger partial charge in [0.2, 0.25) is 0 Å². The lowest BCUT2D eigenvalue weighted by Gasteiger charge is -1.92.